The summed E-state index contributed by atoms with van der Waals surface area (Å²) in [7, 11) is 0. The van der Waals surface area contributed by atoms with E-state index in [1.54, 1.807) is 12.1 Å². The summed E-state index contributed by atoms with van der Waals surface area (Å²) in [6, 6.07) is 8.31. The van der Waals surface area contributed by atoms with Crippen LogP contribution in [0.25, 0.3) is 0 Å². The number of thiophene rings is 1. The SMILES string of the molecule is O=C(NC[C@@H](c1ccc(F)cc1)N1CCOCC1)c1ccsc1. The number of halogens is 1. The Hall–Kier alpha value is -1.76. The van der Waals surface area contributed by atoms with Crippen molar-refractivity contribution in [3.05, 3.63) is 58.0 Å². The Morgan fingerprint density at radius 2 is 2.00 bits per heavy atom. The van der Waals surface area contributed by atoms with Crippen LogP contribution in [-0.4, -0.2) is 43.7 Å². The highest BCUT2D eigenvalue weighted by molar-refractivity contribution is 7.08. The average molecular weight is 334 g/mol. The van der Waals surface area contributed by atoms with Crippen molar-refractivity contribution < 1.29 is 13.9 Å². The van der Waals surface area contributed by atoms with Gasteiger partial charge in [0, 0.05) is 30.6 Å². The molecule has 2 heterocycles. The van der Waals surface area contributed by atoms with Gasteiger partial charge in [0.1, 0.15) is 5.82 Å². The van der Waals surface area contributed by atoms with Crippen LogP contribution in [0.5, 0.6) is 0 Å². The third-order valence-corrected chi connectivity index (χ3v) is 4.66. The molecule has 1 N–H and O–H groups in total. The molecule has 0 spiro atoms. The predicted octanol–water partition coefficient (Wildman–Crippen LogP) is 2.69. The molecule has 1 amide bonds. The maximum Gasteiger partial charge on any atom is 0.252 e. The lowest BCUT2D eigenvalue weighted by Crippen LogP contribution is -2.43. The second-order valence-electron chi connectivity index (χ2n) is 5.44. The molecule has 0 aliphatic carbocycles. The molecule has 1 aromatic heterocycles. The smallest absolute Gasteiger partial charge is 0.252 e. The van der Waals surface area contributed by atoms with Crippen molar-refractivity contribution in [1.29, 1.82) is 0 Å². The van der Waals surface area contributed by atoms with Gasteiger partial charge in [-0.15, -0.1) is 0 Å². The first kappa shape index (κ1) is 16.1. The first-order valence-electron chi connectivity index (χ1n) is 7.62. The molecule has 0 bridgehead atoms. The van der Waals surface area contributed by atoms with E-state index in [1.165, 1.54) is 23.5 Å². The van der Waals surface area contributed by atoms with Crippen LogP contribution < -0.4 is 5.32 Å². The van der Waals surface area contributed by atoms with Crippen molar-refractivity contribution in [3.63, 3.8) is 0 Å². The zero-order valence-corrected chi connectivity index (χ0v) is 13.5. The molecule has 1 fully saturated rings. The highest BCUT2D eigenvalue weighted by atomic mass is 32.1. The number of ether oxygens (including phenoxy) is 1. The normalized spacial score (nSPS) is 16.9. The molecule has 0 saturated carbocycles. The summed E-state index contributed by atoms with van der Waals surface area (Å²) in [6.45, 7) is 3.44. The lowest BCUT2D eigenvalue weighted by molar-refractivity contribution is 0.0162. The van der Waals surface area contributed by atoms with Crippen LogP contribution in [0.4, 0.5) is 4.39 Å². The standard InChI is InChI=1S/C17H19FN2O2S/c18-15-3-1-13(2-4-15)16(20-6-8-22-9-7-20)11-19-17(21)14-5-10-23-12-14/h1-5,10,12,16H,6-9,11H2,(H,19,21)/t16-/m0/s1. The van der Waals surface area contributed by atoms with Crippen LogP contribution in [0.3, 0.4) is 0 Å². The highest BCUT2D eigenvalue weighted by Crippen LogP contribution is 2.22. The van der Waals surface area contributed by atoms with Gasteiger partial charge in [-0.3, -0.25) is 9.69 Å². The number of hydrogen-bond acceptors (Lipinski definition) is 4. The van der Waals surface area contributed by atoms with Crippen LogP contribution in [0.1, 0.15) is 22.0 Å². The predicted molar refractivity (Wildman–Crippen MR) is 88.2 cm³/mol. The fraction of sp³-hybridized carbons (Fsp3) is 0.353. The summed E-state index contributed by atoms with van der Waals surface area (Å²) in [6.07, 6.45) is 0. The molecule has 23 heavy (non-hydrogen) atoms. The number of benzene rings is 1. The van der Waals surface area contributed by atoms with Crippen LogP contribution in [0.15, 0.2) is 41.1 Å². The molecule has 4 nitrogen and oxygen atoms in total. The van der Waals surface area contributed by atoms with Gasteiger partial charge in [-0.25, -0.2) is 4.39 Å². The second kappa shape index (κ2) is 7.68. The van der Waals surface area contributed by atoms with Gasteiger partial charge in [0.25, 0.3) is 5.91 Å². The van der Waals surface area contributed by atoms with Gasteiger partial charge in [-0.05, 0) is 29.1 Å². The Balaban J connectivity index is 1.72. The summed E-state index contributed by atoms with van der Waals surface area (Å²) in [5.74, 6) is -0.330. The lowest BCUT2D eigenvalue weighted by atomic mass is 10.0. The number of rotatable bonds is 5. The van der Waals surface area contributed by atoms with E-state index >= 15 is 0 Å². The maximum atomic E-state index is 13.2. The van der Waals surface area contributed by atoms with E-state index < -0.39 is 0 Å². The van der Waals surface area contributed by atoms with Crippen LogP contribution in [-0.2, 0) is 4.74 Å². The van der Waals surface area contributed by atoms with Crippen molar-refractivity contribution in [2.45, 2.75) is 6.04 Å². The van der Waals surface area contributed by atoms with Crippen LogP contribution in [0, 0.1) is 5.82 Å². The third kappa shape index (κ3) is 4.16. The summed E-state index contributed by atoms with van der Waals surface area (Å²) in [5, 5.41) is 6.70. The number of hydrogen-bond donors (Lipinski definition) is 1. The number of nitrogens with one attached hydrogen (secondary N) is 1. The molecule has 122 valence electrons. The van der Waals surface area contributed by atoms with Gasteiger partial charge in [0.2, 0.25) is 0 Å². The maximum absolute atomic E-state index is 13.2. The van der Waals surface area contributed by atoms with E-state index in [4.69, 9.17) is 4.74 Å². The number of morpholine rings is 1. The van der Waals surface area contributed by atoms with Gasteiger partial charge in [-0.2, -0.15) is 11.3 Å². The summed E-state index contributed by atoms with van der Waals surface area (Å²) in [4.78, 5) is 14.4. The first-order valence-corrected chi connectivity index (χ1v) is 8.56. The number of carbonyl (C=O) groups excluding carboxylic acids is 1. The van der Waals surface area contributed by atoms with E-state index in [1.807, 2.05) is 16.8 Å². The Morgan fingerprint density at radius 3 is 2.65 bits per heavy atom. The van der Waals surface area contributed by atoms with Crippen molar-refractivity contribution in [2.24, 2.45) is 0 Å². The van der Waals surface area contributed by atoms with Gasteiger partial charge >= 0.3 is 0 Å². The lowest BCUT2D eigenvalue weighted by Gasteiger charge is -2.34. The van der Waals surface area contributed by atoms with E-state index in [-0.39, 0.29) is 17.8 Å². The zero-order valence-electron chi connectivity index (χ0n) is 12.7. The van der Waals surface area contributed by atoms with Crippen LogP contribution in [0.2, 0.25) is 0 Å². The Kier molecular flexibility index (Phi) is 5.38. The van der Waals surface area contributed by atoms with Gasteiger partial charge < -0.3 is 10.1 Å². The fourth-order valence-electron chi connectivity index (χ4n) is 2.72. The summed E-state index contributed by atoms with van der Waals surface area (Å²) >= 11 is 1.50. The van der Waals surface area contributed by atoms with E-state index in [0.29, 0.717) is 25.3 Å². The third-order valence-electron chi connectivity index (χ3n) is 3.98. The van der Waals surface area contributed by atoms with E-state index in [0.717, 1.165) is 18.7 Å². The number of nitrogens with zero attached hydrogens (tertiary/aromatic N) is 1. The Labute approximate surface area is 138 Å². The zero-order chi connectivity index (χ0) is 16.1. The molecule has 0 radical (unpaired) electrons. The Morgan fingerprint density at radius 1 is 1.26 bits per heavy atom. The second-order valence-corrected chi connectivity index (χ2v) is 6.22. The molecule has 1 aromatic carbocycles. The fourth-order valence-corrected chi connectivity index (χ4v) is 3.35. The van der Waals surface area contributed by atoms with E-state index in [2.05, 4.69) is 10.2 Å². The molecule has 1 atom stereocenters. The molecule has 1 saturated heterocycles. The van der Waals surface area contributed by atoms with Gasteiger partial charge in [-0.1, -0.05) is 12.1 Å². The quantitative estimate of drug-likeness (QED) is 0.914. The minimum Gasteiger partial charge on any atom is -0.379 e. The van der Waals surface area contributed by atoms with Crippen molar-refractivity contribution in [3.8, 4) is 0 Å². The van der Waals surface area contributed by atoms with Crippen molar-refractivity contribution in [2.75, 3.05) is 32.8 Å². The molecule has 6 heteroatoms. The van der Waals surface area contributed by atoms with Gasteiger partial charge in [0.15, 0.2) is 0 Å². The monoisotopic (exact) mass is 334 g/mol. The first-order chi connectivity index (χ1) is 11.2. The van der Waals surface area contributed by atoms with E-state index in [9.17, 15) is 9.18 Å². The molecular formula is C17H19FN2O2S. The molecule has 3 rings (SSSR count). The Bertz CT molecular complexity index is 625. The average Bonchev–Trinajstić information content (AvgIpc) is 3.12. The molecule has 1 aliphatic rings. The van der Waals surface area contributed by atoms with Crippen molar-refractivity contribution >= 4 is 17.2 Å². The topological polar surface area (TPSA) is 41.6 Å². The minimum atomic E-state index is -0.253. The minimum absolute atomic E-state index is 0.0158. The molecular weight excluding hydrogens is 315 g/mol. The summed E-state index contributed by atoms with van der Waals surface area (Å²) < 4.78 is 18.6. The molecule has 2 aromatic rings. The largest absolute Gasteiger partial charge is 0.379 e. The molecule has 1 aliphatic heterocycles. The number of amides is 1. The highest BCUT2D eigenvalue weighted by Gasteiger charge is 2.23. The molecule has 0 unspecified atom stereocenters. The van der Waals surface area contributed by atoms with Crippen LogP contribution >= 0.6 is 11.3 Å². The number of carbonyl (C=O) groups is 1. The van der Waals surface area contributed by atoms with Gasteiger partial charge in [0.05, 0.1) is 19.3 Å². The van der Waals surface area contributed by atoms with Crippen molar-refractivity contribution in [1.82, 2.24) is 10.2 Å². The summed E-state index contributed by atoms with van der Waals surface area (Å²) in [5.41, 5.74) is 1.67.